The van der Waals surface area contributed by atoms with E-state index < -0.39 is 80.8 Å². The van der Waals surface area contributed by atoms with Crippen molar-refractivity contribution in [1.82, 2.24) is 0 Å². The average Bonchev–Trinajstić information content (AvgIpc) is 3.19. The third-order valence-corrected chi connectivity index (χ3v) is 11.1. The summed E-state index contributed by atoms with van der Waals surface area (Å²) in [4.78, 5) is 0. The first-order chi connectivity index (χ1) is 29.3. The third kappa shape index (κ3) is 9.60. The van der Waals surface area contributed by atoms with Crippen LogP contribution in [0.25, 0.3) is 0 Å². The molecule has 2 atom stereocenters. The highest BCUT2D eigenvalue weighted by molar-refractivity contribution is 5.56. The number of benzene rings is 6. The second-order valence-electron chi connectivity index (χ2n) is 15.4. The molecule has 0 saturated heterocycles. The molecule has 0 radical (unpaired) electrons. The maximum atomic E-state index is 11.2. The van der Waals surface area contributed by atoms with Crippen LogP contribution in [-0.2, 0) is 44.9 Å². The quantitative estimate of drug-likeness (QED) is 0.0499. The molecule has 0 aliphatic heterocycles. The summed E-state index contributed by atoms with van der Waals surface area (Å²) in [5, 5.41) is 166. The first kappa shape index (κ1) is 43.7. The largest absolute Gasteiger partial charge is 0.508 e. The Kier molecular flexibility index (Phi) is 12.5. The highest BCUT2D eigenvalue weighted by Crippen LogP contribution is 2.45. The minimum atomic E-state index is -0.780. The lowest BCUT2D eigenvalue weighted by molar-refractivity contribution is 0.356. The highest BCUT2D eigenvalue weighted by Gasteiger charge is 2.28. The molecule has 326 valence electrons. The molecule has 0 spiro atoms. The van der Waals surface area contributed by atoms with Crippen molar-refractivity contribution in [3.05, 3.63) is 117 Å². The van der Waals surface area contributed by atoms with Crippen molar-refractivity contribution >= 4 is 0 Å². The molecule has 0 amide bonds. The Labute approximate surface area is 353 Å². The summed E-state index contributed by atoms with van der Waals surface area (Å²) in [6, 6.07) is 15.6. The van der Waals surface area contributed by atoms with E-state index in [0.29, 0.717) is 33.4 Å². The number of phenols is 16. The lowest BCUT2D eigenvalue weighted by Crippen LogP contribution is -2.19. The van der Waals surface area contributed by atoms with Crippen molar-refractivity contribution in [1.29, 1.82) is 0 Å². The number of hydrogen-bond acceptors (Lipinski definition) is 16. The van der Waals surface area contributed by atoms with Gasteiger partial charge in [0.25, 0.3) is 0 Å². The molecular formula is C46H46O16. The molecule has 0 aliphatic carbocycles. The van der Waals surface area contributed by atoms with Crippen LogP contribution in [0.2, 0.25) is 0 Å². The number of phenolic OH excluding ortho intramolecular Hbond substituents is 16. The average molecular weight is 855 g/mol. The van der Waals surface area contributed by atoms with Crippen molar-refractivity contribution in [3.8, 4) is 92.0 Å². The minimum absolute atomic E-state index is 0.00384. The molecule has 0 fully saturated rings. The lowest BCUT2D eigenvalue weighted by Gasteiger charge is -2.29. The Morgan fingerprint density at radius 2 is 0.548 bits per heavy atom. The fraction of sp³-hybridized carbons (Fsp3) is 0.217. The Morgan fingerprint density at radius 3 is 0.887 bits per heavy atom. The lowest BCUT2D eigenvalue weighted by atomic mass is 9.75. The predicted molar refractivity (Wildman–Crippen MR) is 222 cm³/mol. The minimum Gasteiger partial charge on any atom is -0.508 e. The molecule has 0 unspecified atom stereocenters. The van der Waals surface area contributed by atoms with Gasteiger partial charge in [0.15, 0.2) is 69.0 Å². The molecule has 16 N–H and O–H groups in total. The molecule has 0 aromatic heterocycles. The van der Waals surface area contributed by atoms with Gasteiger partial charge in [-0.25, -0.2) is 0 Å². The fourth-order valence-corrected chi connectivity index (χ4v) is 7.85. The molecule has 6 aromatic carbocycles. The van der Waals surface area contributed by atoms with Gasteiger partial charge in [0, 0.05) is 11.1 Å². The van der Waals surface area contributed by atoms with Crippen LogP contribution in [0.3, 0.4) is 0 Å². The maximum Gasteiger partial charge on any atom is 0.200 e. The summed E-state index contributed by atoms with van der Waals surface area (Å²) in [5.74, 6) is -10.1. The van der Waals surface area contributed by atoms with Crippen molar-refractivity contribution in [2.45, 2.75) is 57.3 Å². The van der Waals surface area contributed by atoms with Crippen LogP contribution in [0.15, 0.2) is 72.8 Å². The van der Waals surface area contributed by atoms with Gasteiger partial charge in [0.1, 0.15) is 23.0 Å². The van der Waals surface area contributed by atoms with Gasteiger partial charge in [-0.2, -0.15) is 0 Å². The van der Waals surface area contributed by atoms with E-state index in [1.54, 1.807) is 0 Å². The zero-order valence-corrected chi connectivity index (χ0v) is 32.9. The Morgan fingerprint density at radius 1 is 0.274 bits per heavy atom. The standard InChI is InChI=1S/C46H46O16/c47-31-15-24(16-32(48)28(31)5-2-22-11-37(53)44(60)38(54)12-22)7-26(4-1-21-9-35(51)43(59)36(52)10-21)30(27-19-41(57)46(62)42(58)20-27)8-25-17-33(49)29(34(50)18-25)6-3-23-13-39(55)45(61)40(56)14-23/h9-20,26,30,47-62H,1-8H2/t26-,30-/m1/s1. The summed E-state index contributed by atoms with van der Waals surface area (Å²) >= 11 is 0. The first-order valence-corrected chi connectivity index (χ1v) is 19.3. The van der Waals surface area contributed by atoms with Gasteiger partial charge in [0.2, 0.25) is 0 Å². The van der Waals surface area contributed by atoms with E-state index in [1.807, 2.05) is 0 Å². The summed E-state index contributed by atoms with van der Waals surface area (Å²) in [7, 11) is 0. The second kappa shape index (κ2) is 17.8. The first-order valence-electron chi connectivity index (χ1n) is 19.3. The van der Waals surface area contributed by atoms with E-state index in [0.717, 1.165) is 0 Å². The van der Waals surface area contributed by atoms with E-state index in [1.165, 1.54) is 72.8 Å². The smallest absolute Gasteiger partial charge is 0.200 e. The van der Waals surface area contributed by atoms with Gasteiger partial charge in [0.05, 0.1) is 0 Å². The summed E-state index contributed by atoms with van der Waals surface area (Å²) in [6.07, 6.45) is 0.795. The molecule has 16 heteroatoms. The normalized spacial score (nSPS) is 12.3. The third-order valence-electron chi connectivity index (χ3n) is 11.1. The Bertz CT molecular complexity index is 2500. The van der Waals surface area contributed by atoms with Crippen LogP contribution in [0, 0.1) is 5.92 Å². The molecule has 6 aromatic rings. The van der Waals surface area contributed by atoms with E-state index in [2.05, 4.69) is 0 Å². The number of rotatable bonds is 15. The van der Waals surface area contributed by atoms with E-state index in [4.69, 9.17) is 0 Å². The summed E-state index contributed by atoms with van der Waals surface area (Å²) in [6.45, 7) is 0. The molecule has 0 bridgehead atoms. The SMILES string of the molecule is Oc1cc(CCc2c(O)cc(C[C@@H](CCc3cc(O)c(O)c(O)c3)[C@@H](Cc3cc(O)c(CCc4cc(O)c(O)c(O)c4)c(O)c3)c3cc(O)c(O)c(O)c3)cc2O)cc(O)c1O. The van der Waals surface area contributed by atoms with Crippen LogP contribution in [-0.4, -0.2) is 81.7 Å². The molecule has 16 nitrogen and oxygen atoms in total. The van der Waals surface area contributed by atoms with Crippen LogP contribution in [0.5, 0.6) is 92.0 Å². The second-order valence-corrected chi connectivity index (χ2v) is 15.4. The molecule has 0 saturated carbocycles. The maximum absolute atomic E-state index is 11.2. The van der Waals surface area contributed by atoms with Gasteiger partial charge >= 0.3 is 0 Å². The van der Waals surface area contributed by atoms with Gasteiger partial charge in [-0.3, -0.25) is 0 Å². The molecule has 6 rings (SSSR count). The van der Waals surface area contributed by atoms with Crippen LogP contribution in [0.1, 0.15) is 56.8 Å². The van der Waals surface area contributed by atoms with Crippen molar-refractivity contribution in [2.24, 2.45) is 5.92 Å². The van der Waals surface area contributed by atoms with Gasteiger partial charge in [-0.05, 0) is 169 Å². The zero-order valence-electron chi connectivity index (χ0n) is 32.9. The fourth-order valence-electron chi connectivity index (χ4n) is 7.85. The van der Waals surface area contributed by atoms with E-state index >= 15 is 0 Å². The molecule has 0 heterocycles. The number of hydrogen-bond donors (Lipinski definition) is 16. The van der Waals surface area contributed by atoms with Gasteiger partial charge < -0.3 is 81.7 Å². The van der Waals surface area contributed by atoms with Crippen LogP contribution >= 0.6 is 0 Å². The van der Waals surface area contributed by atoms with Crippen molar-refractivity contribution in [3.63, 3.8) is 0 Å². The van der Waals surface area contributed by atoms with E-state index in [-0.39, 0.29) is 85.5 Å². The monoisotopic (exact) mass is 854 g/mol. The van der Waals surface area contributed by atoms with Gasteiger partial charge in [-0.1, -0.05) is 0 Å². The number of aromatic hydroxyl groups is 16. The topological polar surface area (TPSA) is 324 Å². The predicted octanol–water partition coefficient (Wildman–Crippen LogP) is 6.36. The van der Waals surface area contributed by atoms with E-state index in [9.17, 15) is 81.7 Å². The van der Waals surface area contributed by atoms with Gasteiger partial charge in [-0.15, -0.1) is 0 Å². The van der Waals surface area contributed by atoms with Crippen molar-refractivity contribution < 1.29 is 81.7 Å². The van der Waals surface area contributed by atoms with Crippen LogP contribution < -0.4 is 0 Å². The molecule has 62 heavy (non-hydrogen) atoms. The van der Waals surface area contributed by atoms with Crippen molar-refractivity contribution in [2.75, 3.05) is 0 Å². The molecule has 0 aliphatic rings. The zero-order chi connectivity index (χ0) is 45.2. The summed E-state index contributed by atoms with van der Waals surface area (Å²) < 4.78 is 0. The Hall–Kier alpha value is -7.88. The summed E-state index contributed by atoms with van der Waals surface area (Å²) in [5.41, 5.74) is 2.55. The highest BCUT2D eigenvalue weighted by atomic mass is 16.3. The number of aryl methyl sites for hydroxylation is 3. The molecular weight excluding hydrogens is 808 g/mol. The van der Waals surface area contributed by atoms with Crippen LogP contribution in [0.4, 0.5) is 0 Å². The Balaban J connectivity index is 1.36.